The lowest BCUT2D eigenvalue weighted by Gasteiger charge is -2.11. The summed E-state index contributed by atoms with van der Waals surface area (Å²) in [6.45, 7) is -0.0591. The second-order valence-electron chi connectivity index (χ2n) is 4.03. The Labute approximate surface area is 125 Å². The number of nitrogen functional groups attached to an aromatic ring is 1. The van der Waals surface area contributed by atoms with E-state index in [1.165, 1.54) is 6.07 Å². The third-order valence-corrected chi connectivity index (χ3v) is 3.26. The predicted molar refractivity (Wildman–Crippen MR) is 78.2 cm³/mol. The highest BCUT2D eigenvalue weighted by Crippen LogP contribution is 2.33. The second kappa shape index (κ2) is 6.11. The van der Waals surface area contributed by atoms with Gasteiger partial charge in [-0.1, -0.05) is 41.4 Å². The molecule has 20 heavy (non-hydrogen) atoms. The van der Waals surface area contributed by atoms with Crippen LogP contribution in [0.3, 0.4) is 0 Å². The summed E-state index contributed by atoms with van der Waals surface area (Å²) in [6, 6.07) is 9.54. The van der Waals surface area contributed by atoms with Crippen LogP contribution >= 0.6 is 23.2 Å². The maximum atomic E-state index is 14.1. The van der Waals surface area contributed by atoms with Crippen LogP contribution in [0, 0.1) is 11.2 Å². The minimum Gasteiger partial charge on any atom is -0.486 e. The lowest BCUT2D eigenvalue weighted by atomic mass is 10.1. The molecule has 0 aliphatic carbocycles. The normalized spacial score (nSPS) is 10.3. The molecular formula is C14H11Cl2FN2O. The third kappa shape index (κ3) is 3.03. The number of benzene rings is 2. The van der Waals surface area contributed by atoms with E-state index in [1.807, 2.05) is 0 Å². The summed E-state index contributed by atoms with van der Waals surface area (Å²) in [5.74, 6) is -0.619. The zero-order chi connectivity index (χ0) is 14.7. The first-order chi connectivity index (χ1) is 9.50. The minimum atomic E-state index is -0.580. The van der Waals surface area contributed by atoms with Crippen molar-refractivity contribution in [3.05, 3.63) is 63.4 Å². The summed E-state index contributed by atoms with van der Waals surface area (Å²) < 4.78 is 19.5. The van der Waals surface area contributed by atoms with Crippen molar-refractivity contribution in [2.75, 3.05) is 0 Å². The Kier molecular flexibility index (Phi) is 4.47. The van der Waals surface area contributed by atoms with Gasteiger partial charge < -0.3 is 10.5 Å². The molecule has 0 spiro atoms. The van der Waals surface area contributed by atoms with Gasteiger partial charge in [0, 0.05) is 5.56 Å². The van der Waals surface area contributed by atoms with E-state index in [0.29, 0.717) is 15.8 Å². The molecule has 2 rings (SSSR count). The Bertz CT molecular complexity index is 641. The molecule has 0 aromatic heterocycles. The molecule has 0 fully saturated rings. The first-order valence-electron chi connectivity index (χ1n) is 5.69. The molecule has 0 radical (unpaired) electrons. The topological polar surface area (TPSA) is 59.1 Å². The monoisotopic (exact) mass is 312 g/mol. The van der Waals surface area contributed by atoms with E-state index < -0.39 is 5.82 Å². The van der Waals surface area contributed by atoms with E-state index in [2.05, 4.69) is 0 Å². The van der Waals surface area contributed by atoms with Gasteiger partial charge in [-0.15, -0.1) is 0 Å². The maximum absolute atomic E-state index is 14.1. The van der Waals surface area contributed by atoms with E-state index in [1.54, 1.807) is 30.3 Å². The Morgan fingerprint density at radius 3 is 2.35 bits per heavy atom. The van der Waals surface area contributed by atoms with E-state index in [-0.39, 0.29) is 23.6 Å². The van der Waals surface area contributed by atoms with Gasteiger partial charge in [0.2, 0.25) is 0 Å². The average molecular weight is 313 g/mol. The van der Waals surface area contributed by atoms with Gasteiger partial charge in [-0.25, -0.2) is 4.39 Å². The molecule has 0 saturated heterocycles. The quantitative estimate of drug-likeness (QED) is 0.662. The number of rotatable bonds is 4. The van der Waals surface area contributed by atoms with Crippen LogP contribution in [0.1, 0.15) is 11.1 Å². The summed E-state index contributed by atoms with van der Waals surface area (Å²) in [6.07, 6.45) is 0. The van der Waals surface area contributed by atoms with Crippen molar-refractivity contribution < 1.29 is 9.13 Å². The molecule has 2 aromatic rings. The van der Waals surface area contributed by atoms with Crippen molar-refractivity contribution in [1.29, 1.82) is 5.41 Å². The summed E-state index contributed by atoms with van der Waals surface area (Å²) in [7, 11) is 0. The van der Waals surface area contributed by atoms with Crippen LogP contribution in [0.25, 0.3) is 0 Å². The fourth-order valence-corrected chi connectivity index (χ4v) is 2.18. The predicted octanol–water partition coefficient (Wildman–Crippen LogP) is 4.00. The zero-order valence-electron chi connectivity index (χ0n) is 10.3. The van der Waals surface area contributed by atoms with E-state index in [0.717, 1.165) is 0 Å². The first kappa shape index (κ1) is 14.6. The Hall–Kier alpha value is -1.78. The molecule has 0 unspecified atom stereocenters. The number of nitrogens with two attached hydrogens (primary N) is 1. The zero-order valence-corrected chi connectivity index (χ0v) is 11.8. The number of para-hydroxylation sites is 1. The molecule has 2 aromatic carbocycles. The smallest absolute Gasteiger partial charge is 0.156 e. The van der Waals surface area contributed by atoms with Gasteiger partial charge in [0.25, 0.3) is 0 Å². The van der Waals surface area contributed by atoms with Gasteiger partial charge in [-0.2, -0.15) is 0 Å². The lowest BCUT2D eigenvalue weighted by Crippen LogP contribution is -2.14. The van der Waals surface area contributed by atoms with Crippen molar-refractivity contribution >= 4 is 29.0 Å². The lowest BCUT2D eigenvalue weighted by molar-refractivity contribution is 0.300. The molecule has 0 amide bonds. The molecule has 0 heterocycles. The van der Waals surface area contributed by atoms with Gasteiger partial charge in [-0.3, -0.25) is 5.41 Å². The molecule has 0 aliphatic heterocycles. The van der Waals surface area contributed by atoms with Gasteiger partial charge in [0.1, 0.15) is 18.3 Å². The van der Waals surface area contributed by atoms with Crippen molar-refractivity contribution in [2.24, 2.45) is 5.73 Å². The summed E-state index contributed by atoms with van der Waals surface area (Å²) in [5, 5.41) is 7.99. The molecule has 0 bridgehead atoms. The van der Waals surface area contributed by atoms with Crippen molar-refractivity contribution in [3.8, 4) is 5.75 Å². The van der Waals surface area contributed by atoms with Gasteiger partial charge >= 0.3 is 0 Å². The van der Waals surface area contributed by atoms with Gasteiger partial charge in [0.05, 0.1) is 15.6 Å². The number of nitrogens with one attached hydrogen (secondary N) is 1. The van der Waals surface area contributed by atoms with Gasteiger partial charge in [0.15, 0.2) is 5.75 Å². The van der Waals surface area contributed by atoms with E-state index in [4.69, 9.17) is 39.1 Å². The molecule has 6 heteroatoms. The van der Waals surface area contributed by atoms with Crippen LogP contribution in [0.4, 0.5) is 4.39 Å². The summed E-state index contributed by atoms with van der Waals surface area (Å²) >= 11 is 11.9. The molecular weight excluding hydrogens is 302 g/mol. The fraction of sp³-hybridized carbons (Fsp3) is 0.0714. The van der Waals surface area contributed by atoms with Crippen LogP contribution in [0.5, 0.6) is 5.75 Å². The maximum Gasteiger partial charge on any atom is 0.156 e. The highest BCUT2D eigenvalue weighted by Gasteiger charge is 2.12. The van der Waals surface area contributed by atoms with Gasteiger partial charge in [-0.05, 0) is 18.2 Å². The molecule has 0 aliphatic rings. The first-order valence-corrected chi connectivity index (χ1v) is 6.45. The standard InChI is InChI=1S/C14H11Cl2FN2O/c15-10-5-2-6-11(16)13(10)20-7-8-3-1-4-9(12(8)17)14(18)19/h1-6H,7H2,(H3,18,19). The summed E-state index contributed by atoms with van der Waals surface area (Å²) in [5.41, 5.74) is 5.61. The molecule has 0 saturated carbocycles. The molecule has 3 nitrogen and oxygen atoms in total. The third-order valence-electron chi connectivity index (χ3n) is 2.66. The van der Waals surface area contributed by atoms with Crippen LogP contribution in [0.15, 0.2) is 36.4 Å². The Morgan fingerprint density at radius 2 is 1.75 bits per heavy atom. The Balaban J connectivity index is 2.24. The average Bonchev–Trinajstić information content (AvgIpc) is 2.39. The van der Waals surface area contributed by atoms with Crippen molar-refractivity contribution in [1.82, 2.24) is 0 Å². The Morgan fingerprint density at radius 1 is 1.15 bits per heavy atom. The number of hydrogen-bond donors (Lipinski definition) is 2. The second-order valence-corrected chi connectivity index (χ2v) is 4.85. The molecule has 3 N–H and O–H groups in total. The van der Waals surface area contributed by atoms with Crippen LogP contribution in [-0.4, -0.2) is 5.84 Å². The van der Waals surface area contributed by atoms with Crippen LogP contribution in [0.2, 0.25) is 10.0 Å². The number of halogens is 3. The van der Waals surface area contributed by atoms with E-state index in [9.17, 15) is 4.39 Å². The largest absolute Gasteiger partial charge is 0.486 e. The highest BCUT2D eigenvalue weighted by molar-refractivity contribution is 6.37. The summed E-state index contributed by atoms with van der Waals surface area (Å²) in [4.78, 5) is 0. The van der Waals surface area contributed by atoms with Crippen LogP contribution < -0.4 is 10.5 Å². The van der Waals surface area contributed by atoms with Crippen molar-refractivity contribution in [2.45, 2.75) is 6.61 Å². The number of ether oxygens (including phenoxy) is 1. The fourth-order valence-electron chi connectivity index (χ4n) is 1.67. The highest BCUT2D eigenvalue weighted by atomic mass is 35.5. The minimum absolute atomic E-state index is 0.0383. The number of hydrogen-bond acceptors (Lipinski definition) is 2. The SMILES string of the molecule is N=C(N)c1cccc(COc2c(Cl)cccc2Cl)c1F. The number of amidine groups is 1. The molecule has 0 atom stereocenters. The van der Waals surface area contributed by atoms with E-state index >= 15 is 0 Å². The van der Waals surface area contributed by atoms with Crippen LogP contribution in [-0.2, 0) is 6.61 Å². The molecule has 104 valence electrons. The van der Waals surface area contributed by atoms with Crippen molar-refractivity contribution in [3.63, 3.8) is 0 Å².